The molecular weight excluding hydrogens is 491 g/mol. The number of aliphatic hydroxyl groups excluding tert-OH is 2. The van der Waals surface area contributed by atoms with E-state index in [0.29, 0.717) is 48.9 Å². The molecule has 3 heterocycles. The molecule has 3 aromatic rings. The minimum atomic E-state index is -0.786. The first-order chi connectivity index (χ1) is 18.2. The summed E-state index contributed by atoms with van der Waals surface area (Å²) < 4.78 is 27.0. The van der Waals surface area contributed by atoms with Gasteiger partial charge < -0.3 is 19.7 Å². The number of ether oxygens (including phenoxy) is 2. The van der Waals surface area contributed by atoms with Crippen molar-refractivity contribution in [2.24, 2.45) is 5.92 Å². The molecule has 2 aromatic carbocycles. The van der Waals surface area contributed by atoms with Crippen molar-refractivity contribution < 1.29 is 28.9 Å². The smallest absolute Gasteiger partial charge is 0.261 e. The van der Waals surface area contributed by atoms with Gasteiger partial charge in [0.15, 0.2) is 5.78 Å². The van der Waals surface area contributed by atoms with Gasteiger partial charge in [0, 0.05) is 19.6 Å². The van der Waals surface area contributed by atoms with Crippen LogP contribution in [0.25, 0.3) is 10.9 Å². The summed E-state index contributed by atoms with van der Waals surface area (Å²) in [6.07, 6.45) is 1.53. The summed E-state index contributed by atoms with van der Waals surface area (Å²) in [7, 11) is 0. The zero-order valence-electron chi connectivity index (χ0n) is 21.7. The Bertz CT molecular complexity index is 1420. The maximum absolute atomic E-state index is 15.0. The Balaban J connectivity index is 1.42. The number of rotatable bonds is 6. The van der Waals surface area contributed by atoms with Crippen LogP contribution in [-0.2, 0) is 15.9 Å². The van der Waals surface area contributed by atoms with Crippen molar-refractivity contribution in [2.75, 3.05) is 26.4 Å². The fraction of sp³-hybridized carbons (Fsp3) is 0.483. The van der Waals surface area contributed by atoms with Crippen LogP contribution in [0.2, 0.25) is 0 Å². The molecule has 0 spiro atoms. The van der Waals surface area contributed by atoms with Crippen LogP contribution >= 0.6 is 0 Å². The zero-order valence-corrected chi connectivity index (χ0v) is 21.7. The lowest BCUT2D eigenvalue weighted by Gasteiger charge is -2.29. The molecule has 2 fully saturated rings. The lowest BCUT2D eigenvalue weighted by Crippen LogP contribution is -2.39. The lowest BCUT2D eigenvalue weighted by molar-refractivity contribution is -0.0438. The Morgan fingerprint density at radius 2 is 1.82 bits per heavy atom. The predicted molar refractivity (Wildman–Crippen MR) is 139 cm³/mol. The normalized spacial score (nSPS) is 24.0. The zero-order chi connectivity index (χ0) is 27.0. The third-order valence-corrected chi connectivity index (χ3v) is 8.04. The van der Waals surface area contributed by atoms with Crippen molar-refractivity contribution in [3.63, 3.8) is 0 Å². The Kier molecular flexibility index (Phi) is 7.72. The van der Waals surface area contributed by atoms with Crippen LogP contribution in [0.15, 0.2) is 35.4 Å². The molecule has 2 saturated heterocycles. The Morgan fingerprint density at radius 1 is 1.08 bits per heavy atom. The standard InChI is InChI=1S/C29H33FN2O6/c1-16-17(2)28-22(29(36)32(15-31-28)24-6-8-38-14-27(24)35)11-20(16)9-18-3-4-21(23(30)10-18)25(33)12-19-5-7-37-13-26(19)34/h3-4,10-11,15,19,24,26-27,34-35H,5-9,12-14H2,1-2H3/t19?,24-,26-,27-/m0/s1. The van der Waals surface area contributed by atoms with Gasteiger partial charge in [0.05, 0.1) is 54.3 Å². The summed E-state index contributed by atoms with van der Waals surface area (Å²) in [5.41, 5.74) is 3.77. The van der Waals surface area contributed by atoms with Crippen molar-refractivity contribution in [3.8, 4) is 0 Å². The highest BCUT2D eigenvalue weighted by atomic mass is 19.1. The summed E-state index contributed by atoms with van der Waals surface area (Å²) in [4.78, 5) is 30.8. The van der Waals surface area contributed by atoms with E-state index < -0.39 is 24.1 Å². The highest BCUT2D eigenvalue weighted by Crippen LogP contribution is 2.27. The molecule has 0 saturated carbocycles. The Labute approximate surface area is 220 Å². The molecule has 9 heteroatoms. The topological polar surface area (TPSA) is 111 Å². The summed E-state index contributed by atoms with van der Waals surface area (Å²) in [6, 6.07) is 6.00. The second kappa shape index (κ2) is 11.0. The molecular formula is C29H33FN2O6. The van der Waals surface area contributed by atoms with Crippen LogP contribution in [0, 0.1) is 25.6 Å². The van der Waals surface area contributed by atoms with E-state index >= 15 is 4.39 Å². The first-order valence-corrected chi connectivity index (χ1v) is 13.1. The van der Waals surface area contributed by atoms with Crippen molar-refractivity contribution in [1.29, 1.82) is 0 Å². The number of halogens is 1. The molecule has 0 amide bonds. The van der Waals surface area contributed by atoms with Crippen LogP contribution in [0.4, 0.5) is 4.39 Å². The monoisotopic (exact) mass is 524 g/mol. The average molecular weight is 525 g/mol. The van der Waals surface area contributed by atoms with Gasteiger partial charge in [0.25, 0.3) is 5.56 Å². The van der Waals surface area contributed by atoms with Crippen molar-refractivity contribution in [3.05, 3.63) is 74.6 Å². The van der Waals surface area contributed by atoms with E-state index in [1.54, 1.807) is 12.1 Å². The summed E-state index contributed by atoms with van der Waals surface area (Å²) >= 11 is 0. The molecule has 0 aliphatic carbocycles. The molecule has 38 heavy (non-hydrogen) atoms. The van der Waals surface area contributed by atoms with Crippen molar-refractivity contribution >= 4 is 16.7 Å². The fourth-order valence-electron chi connectivity index (χ4n) is 5.54. The summed E-state index contributed by atoms with van der Waals surface area (Å²) in [5, 5.41) is 20.9. The number of fused-ring (bicyclic) bond motifs is 1. The maximum atomic E-state index is 15.0. The molecule has 2 aliphatic heterocycles. The minimum absolute atomic E-state index is 0.0148. The van der Waals surface area contributed by atoms with Gasteiger partial charge in [0.2, 0.25) is 0 Å². The van der Waals surface area contributed by atoms with E-state index in [1.807, 2.05) is 13.8 Å². The molecule has 5 rings (SSSR count). The van der Waals surface area contributed by atoms with Crippen LogP contribution < -0.4 is 5.56 Å². The molecule has 1 aromatic heterocycles. The van der Waals surface area contributed by atoms with Crippen LogP contribution in [-0.4, -0.2) is 64.2 Å². The third kappa shape index (κ3) is 5.16. The average Bonchev–Trinajstić information content (AvgIpc) is 2.89. The van der Waals surface area contributed by atoms with Gasteiger partial charge in [-0.3, -0.25) is 14.2 Å². The second-order valence-corrected chi connectivity index (χ2v) is 10.4. The van der Waals surface area contributed by atoms with Crippen molar-refractivity contribution in [2.45, 2.75) is 57.8 Å². The van der Waals surface area contributed by atoms with E-state index in [4.69, 9.17) is 9.47 Å². The minimum Gasteiger partial charge on any atom is -0.390 e. The number of carbonyl (C=O) groups excluding carboxylic acids is 1. The number of hydrogen-bond acceptors (Lipinski definition) is 7. The maximum Gasteiger partial charge on any atom is 0.261 e. The van der Waals surface area contributed by atoms with Gasteiger partial charge in [-0.2, -0.15) is 0 Å². The molecule has 4 atom stereocenters. The number of nitrogens with zero attached hydrogens (tertiary/aromatic N) is 2. The van der Waals surface area contributed by atoms with Gasteiger partial charge >= 0.3 is 0 Å². The quantitative estimate of drug-likeness (QED) is 0.477. The highest BCUT2D eigenvalue weighted by molar-refractivity contribution is 5.96. The Morgan fingerprint density at radius 3 is 2.53 bits per heavy atom. The summed E-state index contributed by atoms with van der Waals surface area (Å²) in [6.45, 7) is 5.18. The van der Waals surface area contributed by atoms with Crippen LogP contribution in [0.5, 0.6) is 0 Å². The number of benzene rings is 2. The molecule has 8 nitrogen and oxygen atoms in total. The number of ketones is 1. The van der Waals surface area contributed by atoms with E-state index in [9.17, 15) is 19.8 Å². The third-order valence-electron chi connectivity index (χ3n) is 8.04. The second-order valence-electron chi connectivity index (χ2n) is 10.4. The van der Waals surface area contributed by atoms with Gasteiger partial charge in [0.1, 0.15) is 5.82 Å². The molecule has 0 radical (unpaired) electrons. The lowest BCUT2D eigenvalue weighted by atomic mass is 9.89. The Hall–Kier alpha value is -2.98. The van der Waals surface area contributed by atoms with Crippen LogP contribution in [0.1, 0.15) is 57.9 Å². The van der Waals surface area contributed by atoms with Gasteiger partial charge in [-0.1, -0.05) is 6.07 Å². The van der Waals surface area contributed by atoms with Gasteiger partial charge in [-0.05, 0) is 79.5 Å². The fourth-order valence-corrected chi connectivity index (χ4v) is 5.54. The first-order valence-electron chi connectivity index (χ1n) is 13.1. The number of aliphatic hydroxyl groups is 2. The van der Waals surface area contributed by atoms with E-state index in [2.05, 4.69) is 4.98 Å². The predicted octanol–water partition coefficient (Wildman–Crippen LogP) is 3.04. The number of carbonyl (C=O) groups is 1. The number of hydrogen-bond donors (Lipinski definition) is 2. The molecule has 2 aliphatic rings. The molecule has 202 valence electrons. The van der Waals surface area contributed by atoms with Gasteiger partial charge in [-0.15, -0.1) is 0 Å². The van der Waals surface area contributed by atoms with Crippen LogP contribution in [0.3, 0.4) is 0 Å². The van der Waals surface area contributed by atoms with Crippen molar-refractivity contribution in [1.82, 2.24) is 9.55 Å². The SMILES string of the molecule is Cc1c(Cc2ccc(C(=O)CC3CCOC[C@@H]3O)c(F)c2)cc2c(=O)n([C@H]3CCOC[C@@H]3O)cnc2c1C. The largest absolute Gasteiger partial charge is 0.390 e. The summed E-state index contributed by atoms with van der Waals surface area (Å²) in [5.74, 6) is -1.17. The number of aryl methyl sites for hydroxylation is 1. The van der Waals surface area contributed by atoms with E-state index in [1.165, 1.54) is 23.0 Å². The molecule has 1 unspecified atom stereocenters. The molecule has 2 N–H and O–H groups in total. The van der Waals surface area contributed by atoms with E-state index in [-0.39, 0.29) is 42.5 Å². The molecule has 0 bridgehead atoms. The number of aromatic nitrogens is 2. The van der Waals surface area contributed by atoms with Gasteiger partial charge in [-0.25, -0.2) is 9.37 Å². The number of Topliss-reactive ketones (excluding diaryl/α,β-unsaturated/α-hetero) is 1. The first kappa shape index (κ1) is 26.6. The van der Waals surface area contributed by atoms with E-state index in [0.717, 1.165) is 16.7 Å². The highest BCUT2D eigenvalue weighted by Gasteiger charge is 2.28.